The van der Waals surface area contributed by atoms with Gasteiger partial charge in [-0.15, -0.1) is 11.6 Å². The molecule has 0 amide bonds. The highest BCUT2D eigenvalue weighted by Gasteiger charge is 2.18. The summed E-state index contributed by atoms with van der Waals surface area (Å²) in [6.07, 6.45) is 0. The molecule has 0 aliphatic rings. The summed E-state index contributed by atoms with van der Waals surface area (Å²) in [7, 11) is 0. The van der Waals surface area contributed by atoms with E-state index >= 15 is 0 Å². The van der Waals surface area contributed by atoms with Crippen LogP contribution in [0.5, 0.6) is 10.9 Å². The first-order valence-electron chi connectivity index (χ1n) is 4.94. The van der Waals surface area contributed by atoms with E-state index in [2.05, 4.69) is 4.98 Å². The summed E-state index contributed by atoms with van der Waals surface area (Å²) in [5.74, 6) is 0.271. The summed E-state index contributed by atoms with van der Waals surface area (Å²) in [5, 5.41) is 11.1. The minimum Gasteiger partial charge on any atom is -0.428 e. The lowest BCUT2D eigenvalue weighted by Crippen LogP contribution is -1.91. The first-order valence-corrected chi connectivity index (χ1v) is 7.43. The van der Waals surface area contributed by atoms with Gasteiger partial charge in [0.05, 0.1) is 25.7 Å². The topological polar surface area (TPSA) is 65.3 Å². The molecule has 5 nitrogen and oxygen atoms in total. The van der Waals surface area contributed by atoms with Gasteiger partial charge in [-0.2, -0.15) is 4.98 Å². The Morgan fingerprint density at radius 3 is 2.35 bits per heavy atom. The molecule has 0 saturated carbocycles. The van der Waals surface area contributed by atoms with Gasteiger partial charge in [-0.3, -0.25) is 10.1 Å². The van der Waals surface area contributed by atoms with Gasteiger partial charge in [0.25, 0.3) is 10.9 Å². The van der Waals surface area contributed by atoms with Crippen molar-refractivity contribution >= 4 is 63.4 Å². The number of thiazole rings is 1. The maximum Gasteiger partial charge on any atom is 0.280 e. The Morgan fingerprint density at radius 2 is 1.90 bits per heavy atom. The molecule has 10 heteroatoms. The van der Waals surface area contributed by atoms with E-state index < -0.39 is 4.92 Å². The normalized spacial score (nSPS) is 10.6. The molecule has 0 fully saturated rings. The van der Waals surface area contributed by atoms with E-state index in [9.17, 15) is 10.1 Å². The van der Waals surface area contributed by atoms with Crippen LogP contribution < -0.4 is 4.74 Å². The molecular formula is C10H4Cl4N2O3S. The second kappa shape index (κ2) is 6.32. The summed E-state index contributed by atoms with van der Waals surface area (Å²) in [5.41, 5.74) is -0.231. The van der Waals surface area contributed by atoms with Gasteiger partial charge in [0.15, 0.2) is 5.75 Å². The molecule has 0 aliphatic carbocycles. The lowest BCUT2D eigenvalue weighted by molar-refractivity contribution is -0.384. The predicted octanol–water partition coefficient (Wildman–Crippen LogP) is 5.54. The number of hydrogen-bond acceptors (Lipinski definition) is 5. The molecule has 1 aromatic heterocycles. The molecule has 0 radical (unpaired) electrons. The highest BCUT2D eigenvalue weighted by molar-refractivity contribution is 7.14. The summed E-state index contributed by atoms with van der Waals surface area (Å²) in [6.45, 7) is 0. The van der Waals surface area contributed by atoms with Crippen molar-refractivity contribution in [3.63, 3.8) is 0 Å². The van der Waals surface area contributed by atoms with Crippen LogP contribution >= 0.6 is 57.7 Å². The van der Waals surface area contributed by atoms with Crippen LogP contribution in [0.15, 0.2) is 12.1 Å². The first-order chi connectivity index (χ1) is 9.42. The van der Waals surface area contributed by atoms with Crippen molar-refractivity contribution in [2.24, 2.45) is 0 Å². The van der Waals surface area contributed by atoms with E-state index in [1.165, 1.54) is 0 Å². The minimum absolute atomic E-state index is 0.00273. The van der Waals surface area contributed by atoms with Crippen molar-refractivity contribution in [2.45, 2.75) is 5.88 Å². The van der Waals surface area contributed by atoms with Gasteiger partial charge < -0.3 is 4.74 Å². The van der Waals surface area contributed by atoms with Crippen molar-refractivity contribution < 1.29 is 9.66 Å². The number of aromatic nitrogens is 1. The predicted molar refractivity (Wildman–Crippen MR) is 79.9 cm³/mol. The molecule has 1 heterocycles. The van der Waals surface area contributed by atoms with Crippen molar-refractivity contribution in [1.29, 1.82) is 0 Å². The number of benzene rings is 1. The Kier molecular flexibility index (Phi) is 4.93. The molecule has 0 aliphatic heterocycles. The number of alkyl halides is 1. The Hall–Kier alpha value is -0.790. The summed E-state index contributed by atoms with van der Waals surface area (Å²) in [6, 6.07) is 2.28. The molecule has 0 bridgehead atoms. The average molecular weight is 374 g/mol. The number of non-ortho nitro benzene ring substituents is 1. The van der Waals surface area contributed by atoms with Gasteiger partial charge in [0, 0.05) is 12.1 Å². The lowest BCUT2D eigenvalue weighted by atomic mass is 10.3. The number of rotatable bonds is 4. The first kappa shape index (κ1) is 15.6. The van der Waals surface area contributed by atoms with Crippen molar-refractivity contribution in [1.82, 2.24) is 4.98 Å². The van der Waals surface area contributed by atoms with Gasteiger partial charge in [-0.05, 0) is 0 Å². The molecule has 106 valence electrons. The van der Waals surface area contributed by atoms with Crippen molar-refractivity contribution in [2.75, 3.05) is 0 Å². The maximum absolute atomic E-state index is 10.7. The highest BCUT2D eigenvalue weighted by atomic mass is 35.5. The number of nitro benzene ring substituents is 1. The molecule has 0 N–H and O–H groups in total. The fourth-order valence-corrected chi connectivity index (χ4v) is 3.15. The summed E-state index contributed by atoms with van der Waals surface area (Å²) < 4.78 is 5.42. The smallest absolute Gasteiger partial charge is 0.280 e. The van der Waals surface area contributed by atoms with Crippen molar-refractivity contribution in [3.05, 3.63) is 42.3 Å². The average Bonchev–Trinajstić information content (AvgIpc) is 2.73. The van der Waals surface area contributed by atoms with Gasteiger partial charge in [0.2, 0.25) is 0 Å². The van der Waals surface area contributed by atoms with Crippen LogP contribution in [0.25, 0.3) is 0 Å². The molecule has 0 saturated heterocycles. The molecule has 0 unspecified atom stereocenters. The standard InChI is InChI=1S/C10H4Cl4N2O3S/c11-3-7-9(14)15-10(20-7)19-8-5(12)1-4(16(17)18)2-6(8)13/h1-2H,3H2. The van der Waals surface area contributed by atoms with E-state index in [-0.39, 0.29) is 37.7 Å². The van der Waals surface area contributed by atoms with E-state index in [0.717, 1.165) is 23.5 Å². The van der Waals surface area contributed by atoms with Crippen LogP contribution in [-0.4, -0.2) is 9.91 Å². The number of hydrogen-bond donors (Lipinski definition) is 0. The zero-order valence-corrected chi connectivity index (χ0v) is 13.2. The fraction of sp³-hybridized carbons (Fsp3) is 0.100. The van der Waals surface area contributed by atoms with E-state index in [4.69, 9.17) is 51.1 Å². The van der Waals surface area contributed by atoms with Crippen LogP contribution in [0.4, 0.5) is 5.69 Å². The second-order valence-corrected chi connectivity index (χ2v) is 5.91. The molecular weight excluding hydrogens is 370 g/mol. The van der Waals surface area contributed by atoms with Crippen LogP contribution in [-0.2, 0) is 5.88 Å². The Balaban J connectivity index is 2.35. The van der Waals surface area contributed by atoms with Crippen LogP contribution in [0.1, 0.15) is 4.88 Å². The van der Waals surface area contributed by atoms with Gasteiger partial charge >= 0.3 is 0 Å². The molecule has 0 spiro atoms. The van der Waals surface area contributed by atoms with Crippen LogP contribution in [0.3, 0.4) is 0 Å². The molecule has 20 heavy (non-hydrogen) atoms. The molecule has 1 aromatic carbocycles. The minimum atomic E-state index is -0.604. The van der Waals surface area contributed by atoms with Crippen molar-refractivity contribution in [3.8, 4) is 10.9 Å². The summed E-state index contributed by atoms with van der Waals surface area (Å²) in [4.78, 5) is 14.6. The zero-order chi connectivity index (χ0) is 14.9. The number of nitrogens with zero attached hydrogens (tertiary/aromatic N) is 2. The number of nitro groups is 1. The van der Waals surface area contributed by atoms with E-state index in [1.807, 2.05) is 0 Å². The Labute approximate surface area is 137 Å². The fourth-order valence-electron chi connectivity index (χ4n) is 1.28. The van der Waals surface area contributed by atoms with Crippen LogP contribution in [0, 0.1) is 10.1 Å². The SMILES string of the molecule is O=[N+]([O-])c1cc(Cl)c(Oc2nc(Cl)c(CCl)s2)c(Cl)c1. The van der Waals surface area contributed by atoms with Gasteiger partial charge in [-0.1, -0.05) is 46.1 Å². The monoisotopic (exact) mass is 372 g/mol. The van der Waals surface area contributed by atoms with Gasteiger partial charge in [0.1, 0.15) is 5.15 Å². The second-order valence-electron chi connectivity index (χ2n) is 3.43. The Morgan fingerprint density at radius 1 is 1.30 bits per heavy atom. The third-order valence-electron chi connectivity index (χ3n) is 2.13. The quantitative estimate of drug-likeness (QED) is 0.400. The third kappa shape index (κ3) is 3.27. The van der Waals surface area contributed by atoms with Crippen LogP contribution in [0.2, 0.25) is 15.2 Å². The Bertz CT molecular complexity index is 654. The zero-order valence-electron chi connectivity index (χ0n) is 9.40. The lowest BCUT2D eigenvalue weighted by Gasteiger charge is -2.06. The third-order valence-corrected chi connectivity index (χ3v) is 4.48. The maximum atomic E-state index is 10.7. The number of ether oxygens (including phenoxy) is 1. The summed E-state index contributed by atoms with van der Waals surface area (Å²) >= 11 is 24.5. The molecule has 2 aromatic rings. The number of halogens is 4. The van der Waals surface area contributed by atoms with E-state index in [1.54, 1.807) is 0 Å². The largest absolute Gasteiger partial charge is 0.428 e. The van der Waals surface area contributed by atoms with E-state index in [0.29, 0.717) is 4.88 Å². The molecule has 0 atom stereocenters. The highest BCUT2D eigenvalue weighted by Crippen LogP contribution is 2.41. The molecule has 2 rings (SSSR count). The van der Waals surface area contributed by atoms with Gasteiger partial charge in [-0.25, -0.2) is 0 Å².